The van der Waals surface area contributed by atoms with Crippen LogP contribution in [-0.2, 0) is 6.42 Å². The third-order valence-electron chi connectivity index (χ3n) is 3.17. The molecule has 1 aromatic heterocycles. The van der Waals surface area contributed by atoms with Gasteiger partial charge in [0.05, 0.1) is 0 Å². The smallest absolute Gasteiger partial charge is 0.0348 e. The monoisotopic (exact) mass is 247 g/mol. The summed E-state index contributed by atoms with van der Waals surface area (Å²) >= 11 is 1.88. The Morgan fingerprint density at radius 2 is 2.00 bits per heavy atom. The number of thiophene rings is 1. The Labute approximate surface area is 108 Å². The number of hydrogen-bond acceptors (Lipinski definition) is 2. The fourth-order valence-corrected chi connectivity index (χ4v) is 3.04. The average molecular weight is 247 g/mol. The molecule has 0 bridgehead atoms. The normalized spacial score (nSPS) is 11.9. The van der Waals surface area contributed by atoms with E-state index in [1.165, 1.54) is 21.2 Å². The molecule has 0 aliphatic carbocycles. The summed E-state index contributed by atoms with van der Waals surface area (Å²) in [5.41, 5.74) is 2.94. The Morgan fingerprint density at radius 1 is 1.24 bits per heavy atom. The third-order valence-corrected chi connectivity index (χ3v) is 4.17. The first-order valence-corrected chi connectivity index (χ1v) is 7.10. The molecule has 0 saturated heterocycles. The van der Waals surface area contributed by atoms with Crippen molar-refractivity contribution in [1.29, 1.82) is 0 Å². The fraction of sp³-hybridized carbons (Fsp3) is 0.467. The van der Waals surface area contributed by atoms with Gasteiger partial charge in [0.15, 0.2) is 0 Å². The predicted molar refractivity (Wildman–Crippen MR) is 78.2 cm³/mol. The summed E-state index contributed by atoms with van der Waals surface area (Å²) in [5, 5.41) is 3.76. The van der Waals surface area contributed by atoms with Crippen LogP contribution in [0.4, 0.5) is 0 Å². The van der Waals surface area contributed by atoms with Crippen LogP contribution in [0.1, 0.15) is 30.9 Å². The summed E-state index contributed by atoms with van der Waals surface area (Å²) in [6.07, 6.45) is 1.15. The molecule has 0 atom stereocenters. The molecule has 0 spiro atoms. The van der Waals surface area contributed by atoms with Gasteiger partial charge in [0.1, 0.15) is 0 Å². The van der Waals surface area contributed by atoms with Gasteiger partial charge < -0.3 is 4.90 Å². The summed E-state index contributed by atoms with van der Waals surface area (Å²) in [4.78, 5) is 2.24. The largest absolute Gasteiger partial charge is 0.309 e. The van der Waals surface area contributed by atoms with Gasteiger partial charge in [-0.05, 0) is 54.4 Å². The van der Waals surface area contributed by atoms with Crippen LogP contribution in [0.3, 0.4) is 0 Å². The maximum absolute atomic E-state index is 2.35. The summed E-state index contributed by atoms with van der Waals surface area (Å²) < 4.78 is 1.44. The van der Waals surface area contributed by atoms with E-state index in [0.29, 0.717) is 5.92 Å². The van der Waals surface area contributed by atoms with Gasteiger partial charge in [0.25, 0.3) is 0 Å². The molecular formula is C15H21NS. The van der Waals surface area contributed by atoms with E-state index in [1.807, 2.05) is 11.3 Å². The van der Waals surface area contributed by atoms with Gasteiger partial charge in [-0.3, -0.25) is 0 Å². The minimum atomic E-state index is 0.617. The van der Waals surface area contributed by atoms with Crippen LogP contribution >= 0.6 is 11.3 Å². The summed E-state index contributed by atoms with van der Waals surface area (Å²) in [7, 11) is 4.26. The molecule has 0 unspecified atom stereocenters. The van der Waals surface area contributed by atoms with Gasteiger partial charge in [-0.25, -0.2) is 0 Å². The third kappa shape index (κ3) is 2.88. The van der Waals surface area contributed by atoms with Crippen molar-refractivity contribution < 1.29 is 0 Å². The topological polar surface area (TPSA) is 3.24 Å². The second kappa shape index (κ2) is 5.19. The summed E-state index contributed by atoms with van der Waals surface area (Å²) in [6.45, 7) is 5.63. The van der Waals surface area contributed by atoms with Crippen LogP contribution in [0.25, 0.3) is 10.1 Å². The van der Waals surface area contributed by atoms with Crippen molar-refractivity contribution in [2.75, 3.05) is 20.6 Å². The fourth-order valence-electron chi connectivity index (χ4n) is 2.00. The first kappa shape index (κ1) is 12.6. The van der Waals surface area contributed by atoms with Gasteiger partial charge in [0.2, 0.25) is 0 Å². The molecule has 92 valence electrons. The number of likely N-dealkylation sites (N-methyl/N-ethyl adjacent to an activating group) is 1. The van der Waals surface area contributed by atoms with Crippen molar-refractivity contribution in [2.24, 2.45) is 0 Å². The Morgan fingerprint density at radius 3 is 2.65 bits per heavy atom. The molecule has 1 nitrogen and oxygen atoms in total. The molecule has 0 fully saturated rings. The molecule has 0 radical (unpaired) electrons. The average Bonchev–Trinajstić information content (AvgIpc) is 2.68. The first-order valence-electron chi connectivity index (χ1n) is 6.22. The minimum absolute atomic E-state index is 0.617. The minimum Gasteiger partial charge on any atom is -0.309 e. The molecule has 0 aliphatic heterocycles. The molecule has 2 rings (SSSR count). The van der Waals surface area contributed by atoms with Gasteiger partial charge in [-0.15, -0.1) is 11.3 Å². The molecule has 0 N–H and O–H groups in total. The first-order chi connectivity index (χ1) is 8.08. The highest BCUT2D eigenvalue weighted by molar-refractivity contribution is 7.17. The molecule has 1 heterocycles. The Kier molecular flexibility index (Phi) is 3.85. The molecule has 1 aromatic carbocycles. The maximum atomic E-state index is 2.35. The van der Waals surface area contributed by atoms with Crippen molar-refractivity contribution in [1.82, 2.24) is 4.90 Å². The summed E-state index contributed by atoms with van der Waals surface area (Å²) in [5.74, 6) is 0.617. The van der Waals surface area contributed by atoms with Crippen molar-refractivity contribution in [3.63, 3.8) is 0 Å². The van der Waals surface area contributed by atoms with E-state index in [9.17, 15) is 0 Å². The van der Waals surface area contributed by atoms with Gasteiger partial charge in [0, 0.05) is 11.2 Å². The van der Waals surface area contributed by atoms with Crippen LogP contribution in [0.15, 0.2) is 23.6 Å². The number of nitrogens with zero attached hydrogens (tertiary/aromatic N) is 1. The van der Waals surface area contributed by atoms with Gasteiger partial charge in [-0.1, -0.05) is 26.0 Å². The second-order valence-electron chi connectivity index (χ2n) is 5.22. The number of fused-ring (bicyclic) bond motifs is 1. The highest BCUT2D eigenvalue weighted by Crippen LogP contribution is 2.29. The zero-order valence-corrected chi connectivity index (χ0v) is 12.0. The standard InChI is InChI=1S/C15H21NS/c1-11(2)12-5-6-14-13(7-8-16(3)4)10-17-15(14)9-12/h5-6,9-11H,7-8H2,1-4H3. The van der Waals surface area contributed by atoms with Crippen LogP contribution < -0.4 is 0 Å². The molecule has 2 aromatic rings. The maximum Gasteiger partial charge on any atom is 0.0348 e. The van der Waals surface area contributed by atoms with Crippen LogP contribution in [0.5, 0.6) is 0 Å². The molecular weight excluding hydrogens is 226 g/mol. The highest BCUT2D eigenvalue weighted by Gasteiger charge is 2.06. The van der Waals surface area contributed by atoms with Crippen LogP contribution in [0, 0.1) is 0 Å². The quantitative estimate of drug-likeness (QED) is 0.785. The van der Waals surface area contributed by atoms with Gasteiger partial charge in [-0.2, -0.15) is 0 Å². The Bertz CT molecular complexity index is 497. The SMILES string of the molecule is CC(C)c1ccc2c(CCN(C)C)csc2c1. The Hall–Kier alpha value is -0.860. The van der Waals surface area contributed by atoms with E-state index in [0.717, 1.165) is 13.0 Å². The van der Waals surface area contributed by atoms with E-state index in [2.05, 4.69) is 56.4 Å². The second-order valence-corrected chi connectivity index (χ2v) is 6.14. The van der Waals surface area contributed by atoms with Crippen molar-refractivity contribution in [3.8, 4) is 0 Å². The van der Waals surface area contributed by atoms with E-state index >= 15 is 0 Å². The number of hydrogen-bond donors (Lipinski definition) is 0. The van der Waals surface area contributed by atoms with Crippen molar-refractivity contribution in [3.05, 3.63) is 34.7 Å². The van der Waals surface area contributed by atoms with E-state index < -0.39 is 0 Å². The number of benzene rings is 1. The highest BCUT2D eigenvalue weighted by atomic mass is 32.1. The molecule has 0 saturated carbocycles. The lowest BCUT2D eigenvalue weighted by Crippen LogP contribution is -2.14. The van der Waals surface area contributed by atoms with Crippen molar-refractivity contribution in [2.45, 2.75) is 26.2 Å². The molecule has 17 heavy (non-hydrogen) atoms. The molecule has 2 heteroatoms. The Balaban J connectivity index is 2.28. The van der Waals surface area contributed by atoms with Gasteiger partial charge >= 0.3 is 0 Å². The zero-order chi connectivity index (χ0) is 12.4. The van der Waals surface area contributed by atoms with Crippen molar-refractivity contribution >= 4 is 21.4 Å². The van der Waals surface area contributed by atoms with E-state index in [1.54, 1.807) is 0 Å². The molecule has 0 aliphatic rings. The van der Waals surface area contributed by atoms with E-state index in [4.69, 9.17) is 0 Å². The zero-order valence-electron chi connectivity index (χ0n) is 11.2. The van der Waals surface area contributed by atoms with Crippen LogP contribution in [0.2, 0.25) is 0 Å². The number of rotatable bonds is 4. The summed E-state index contributed by atoms with van der Waals surface area (Å²) in [6, 6.07) is 6.93. The molecule has 0 amide bonds. The van der Waals surface area contributed by atoms with Crippen LogP contribution in [-0.4, -0.2) is 25.5 Å². The predicted octanol–water partition coefficient (Wildman–Crippen LogP) is 4.13. The lowest BCUT2D eigenvalue weighted by Gasteiger charge is -2.09. The van der Waals surface area contributed by atoms with E-state index in [-0.39, 0.29) is 0 Å². The lowest BCUT2D eigenvalue weighted by atomic mass is 10.0. The lowest BCUT2D eigenvalue weighted by molar-refractivity contribution is 0.414.